The molecular formula is C18H34N2O. The minimum Gasteiger partial charge on any atom is -0.370 e. The summed E-state index contributed by atoms with van der Waals surface area (Å²) in [5.41, 5.74) is 0.629. The average molecular weight is 294 g/mol. The molecule has 0 aromatic heterocycles. The summed E-state index contributed by atoms with van der Waals surface area (Å²) < 4.78 is 6.51. The van der Waals surface area contributed by atoms with E-state index in [-0.39, 0.29) is 5.60 Å². The Hall–Kier alpha value is -0.120. The van der Waals surface area contributed by atoms with Crippen LogP contribution in [0.5, 0.6) is 0 Å². The van der Waals surface area contributed by atoms with Crippen molar-refractivity contribution in [3.05, 3.63) is 0 Å². The van der Waals surface area contributed by atoms with Crippen LogP contribution in [-0.2, 0) is 4.74 Å². The van der Waals surface area contributed by atoms with Gasteiger partial charge in [-0.05, 0) is 50.6 Å². The van der Waals surface area contributed by atoms with Crippen LogP contribution in [0.2, 0.25) is 0 Å². The topological polar surface area (TPSA) is 24.5 Å². The maximum absolute atomic E-state index is 6.51. The van der Waals surface area contributed by atoms with E-state index in [1.165, 1.54) is 58.0 Å². The summed E-state index contributed by atoms with van der Waals surface area (Å²) >= 11 is 0. The zero-order valence-electron chi connectivity index (χ0n) is 14.3. The van der Waals surface area contributed by atoms with Crippen LogP contribution in [0.1, 0.15) is 65.7 Å². The van der Waals surface area contributed by atoms with Crippen LogP contribution in [0.4, 0.5) is 0 Å². The van der Waals surface area contributed by atoms with Crippen LogP contribution in [0.15, 0.2) is 0 Å². The van der Waals surface area contributed by atoms with Crippen molar-refractivity contribution in [1.82, 2.24) is 10.2 Å². The molecule has 0 aromatic carbocycles. The van der Waals surface area contributed by atoms with Crippen molar-refractivity contribution in [2.24, 2.45) is 5.41 Å². The first-order chi connectivity index (χ1) is 9.97. The third kappa shape index (κ3) is 3.80. The molecule has 3 fully saturated rings. The first-order valence-electron chi connectivity index (χ1n) is 9.10. The molecule has 1 saturated carbocycles. The second kappa shape index (κ2) is 6.17. The Labute approximate surface area is 130 Å². The second-order valence-electron chi connectivity index (χ2n) is 8.65. The van der Waals surface area contributed by atoms with Crippen LogP contribution in [0, 0.1) is 5.41 Å². The molecule has 1 N–H and O–H groups in total. The minimum absolute atomic E-state index is 0.290. The van der Waals surface area contributed by atoms with Gasteiger partial charge in [0, 0.05) is 19.1 Å². The fourth-order valence-electron chi connectivity index (χ4n) is 4.44. The molecule has 1 spiro atoms. The van der Waals surface area contributed by atoms with Crippen LogP contribution >= 0.6 is 0 Å². The highest BCUT2D eigenvalue weighted by Gasteiger charge is 2.42. The highest BCUT2D eigenvalue weighted by molar-refractivity contribution is 4.94. The Morgan fingerprint density at radius 1 is 1.14 bits per heavy atom. The Morgan fingerprint density at radius 2 is 1.90 bits per heavy atom. The Balaban J connectivity index is 1.54. The zero-order chi connectivity index (χ0) is 14.9. The molecule has 2 heterocycles. The summed E-state index contributed by atoms with van der Waals surface area (Å²) in [6.45, 7) is 11.8. The normalized spacial score (nSPS) is 34.4. The number of ether oxygens (including phenoxy) is 1. The summed E-state index contributed by atoms with van der Waals surface area (Å²) in [6, 6.07) is 0.599. The van der Waals surface area contributed by atoms with Crippen molar-refractivity contribution in [2.75, 3.05) is 26.2 Å². The van der Waals surface area contributed by atoms with E-state index in [1.807, 2.05) is 0 Å². The van der Waals surface area contributed by atoms with Crippen LogP contribution in [-0.4, -0.2) is 48.8 Å². The minimum atomic E-state index is 0.290. The molecule has 2 saturated heterocycles. The van der Waals surface area contributed by atoms with Crippen molar-refractivity contribution < 1.29 is 4.74 Å². The quantitative estimate of drug-likeness (QED) is 0.846. The molecule has 3 rings (SSSR count). The van der Waals surface area contributed by atoms with Crippen molar-refractivity contribution in [3.63, 3.8) is 0 Å². The molecule has 0 aromatic rings. The molecule has 3 heteroatoms. The monoisotopic (exact) mass is 294 g/mol. The number of rotatable bonds is 2. The molecule has 3 aliphatic rings. The number of hydrogen-bond acceptors (Lipinski definition) is 3. The third-order valence-electron chi connectivity index (χ3n) is 5.84. The highest BCUT2D eigenvalue weighted by atomic mass is 16.5. The van der Waals surface area contributed by atoms with E-state index in [0.29, 0.717) is 17.6 Å². The maximum atomic E-state index is 6.51. The Morgan fingerprint density at radius 3 is 2.62 bits per heavy atom. The molecule has 2 atom stereocenters. The lowest BCUT2D eigenvalue weighted by molar-refractivity contribution is -0.0480. The van der Waals surface area contributed by atoms with Gasteiger partial charge in [0.1, 0.15) is 0 Å². The standard InChI is InChI=1S/C18H34N2O/c1-17(2,3)16-14-20(12-6-11-19-16)13-15-7-10-18(21-15)8-4-5-9-18/h15-16,19H,4-14H2,1-3H3. The molecule has 122 valence electrons. The van der Waals surface area contributed by atoms with Gasteiger partial charge in [-0.3, -0.25) is 4.90 Å². The molecule has 2 unspecified atom stereocenters. The smallest absolute Gasteiger partial charge is 0.0710 e. The van der Waals surface area contributed by atoms with Crippen LogP contribution in [0.25, 0.3) is 0 Å². The molecule has 3 nitrogen and oxygen atoms in total. The van der Waals surface area contributed by atoms with E-state index in [0.717, 1.165) is 13.1 Å². The van der Waals surface area contributed by atoms with Gasteiger partial charge >= 0.3 is 0 Å². The number of hydrogen-bond donors (Lipinski definition) is 1. The molecule has 1 aliphatic carbocycles. The predicted octanol–water partition coefficient (Wildman–Crippen LogP) is 3.19. The van der Waals surface area contributed by atoms with Gasteiger partial charge in [0.25, 0.3) is 0 Å². The first kappa shape index (κ1) is 15.8. The van der Waals surface area contributed by atoms with Crippen LogP contribution in [0.3, 0.4) is 0 Å². The zero-order valence-corrected chi connectivity index (χ0v) is 14.3. The van der Waals surface area contributed by atoms with Gasteiger partial charge in [0.05, 0.1) is 11.7 Å². The summed E-state index contributed by atoms with van der Waals surface area (Å²) in [4.78, 5) is 2.66. The van der Waals surface area contributed by atoms with Crippen molar-refractivity contribution in [3.8, 4) is 0 Å². The third-order valence-corrected chi connectivity index (χ3v) is 5.84. The van der Waals surface area contributed by atoms with Gasteiger partial charge in [-0.25, -0.2) is 0 Å². The fourth-order valence-corrected chi connectivity index (χ4v) is 4.44. The molecule has 2 aliphatic heterocycles. The SMILES string of the molecule is CC(C)(C)C1CN(CC2CCC3(CCCC3)O2)CCCN1. The van der Waals surface area contributed by atoms with Gasteiger partial charge in [-0.2, -0.15) is 0 Å². The molecule has 21 heavy (non-hydrogen) atoms. The number of nitrogens with one attached hydrogen (secondary N) is 1. The second-order valence-corrected chi connectivity index (χ2v) is 8.65. The van der Waals surface area contributed by atoms with Gasteiger partial charge < -0.3 is 10.1 Å². The first-order valence-corrected chi connectivity index (χ1v) is 9.10. The molecular weight excluding hydrogens is 260 g/mol. The van der Waals surface area contributed by atoms with Crippen LogP contribution < -0.4 is 5.32 Å². The van der Waals surface area contributed by atoms with Gasteiger partial charge in [-0.1, -0.05) is 33.6 Å². The van der Waals surface area contributed by atoms with Gasteiger partial charge in [-0.15, -0.1) is 0 Å². The maximum Gasteiger partial charge on any atom is 0.0710 e. The van der Waals surface area contributed by atoms with Gasteiger partial charge in [0.2, 0.25) is 0 Å². The highest BCUT2D eigenvalue weighted by Crippen LogP contribution is 2.43. The molecule has 0 bridgehead atoms. The van der Waals surface area contributed by atoms with Crippen molar-refractivity contribution in [2.45, 2.75) is 83.5 Å². The van der Waals surface area contributed by atoms with E-state index in [2.05, 4.69) is 31.0 Å². The summed E-state index contributed by atoms with van der Waals surface area (Å²) in [7, 11) is 0. The summed E-state index contributed by atoms with van der Waals surface area (Å²) in [5, 5.41) is 3.74. The van der Waals surface area contributed by atoms with E-state index >= 15 is 0 Å². The van der Waals surface area contributed by atoms with Crippen molar-refractivity contribution in [1.29, 1.82) is 0 Å². The summed E-state index contributed by atoms with van der Waals surface area (Å²) in [5.74, 6) is 0. The van der Waals surface area contributed by atoms with Gasteiger partial charge in [0.15, 0.2) is 0 Å². The average Bonchev–Trinajstić information content (AvgIpc) is 2.95. The number of nitrogens with zero attached hydrogens (tertiary/aromatic N) is 1. The Kier molecular flexibility index (Phi) is 4.63. The largest absolute Gasteiger partial charge is 0.370 e. The van der Waals surface area contributed by atoms with E-state index in [1.54, 1.807) is 0 Å². The predicted molar refractivity (Wildman–Crippen MR) is 87.6 cm³/mol. The lowest BCUT2D eigenvalue weighted by Crippen LogP contribution is -2.47. The van der Waals surface area contributed by atoms with Crippen molar-refractivity contribution >= 4 is 0 Å². The Bertz CT molecular complexity index is 344. The summed E-state index contributed by atoms with van der Waals surface area (Å²) in [6.07, 6.45) is 9.74. The van der Waals surface area contributed by atoms with E-state index in [9.17, 15) is 0 Å². The lowest BCUT2D eigenvalue weighted by atomic mass is 9.86. The van der Waals surface area contributed by atoms with E-state index < -0.39 is 0 Å². The fraction of sp³-hybridized carbons (Fsp3) is 1.00. The van der Waals surface area contributed by atoms with E-state index in [4.69, 9.17) is 4.74 Å². The molecule has 0 amide bonds. The lowest BCUT2D eigenvalue weighted by Gasteiger charge is -2.34. The molecule has 0 radical (unpaired) electrons.